The number of aliphatic carboxylic acids is 2. The number of carboxylic acids is 2. The number of rotatable bonds is 18. The molecule has 35 heavy (non-hydrogen) atoms. The smallest absolute Gasteiger partial charge is 0.326 e. The molecule has 15 nitrogen and oxygen atoms in total. The SMILES string of the molecule is CC(O)C(NC(=O)C(N)CCC(=O)O)C(=O)NC(CCCCN)C(=O)NC(CCC(N)=O)C(=O)O. The lowest BCUT2D eigenvalue weighted by atomic mass is 10.0. The molecule has 0 aromatic carbocycles. The fourth-order valence-corrected chi connectivity index (χ4v) is 2.91. The first-order valence-corrected chi connectivity index (χ1v) is 11.1. The largest absolute Gasteiger partial charge is 0.481 e. The van der Waals surface area contributed by atoms with E-state index in [-0.39, 0.29) is 32.1 Å². The number of aliphatic hydroxyl groups is 1. The summed E-state index contributed by atoms with van der Waals surface area (Å²) in [6, 6.07) is -5.48. The minimum atomic E-state index is -1.53. The molecule has 0 radical (unpaired) electrons. The molecule has 0 aliphatic rings. The van der Waals surface area contributed by atoms with E-state index in [0.717, 1.165) is 0 Å². The zero-order chi connectivity index (χ0) is 27.1. The number of nitrogens with one attached hydrogen (secondary N) is 3. The van der Waals surface area contributed by atoms with E-state index < -0.39 is 65.8 Å². The van der Waals surface area contributed by atoms with Crippen molar-refractivity contribution in [3.05, 3.63) is 0 Å². The van der Waals surface area contributed by atoms with Crippen molar-refractivity contribution in [3.63, 3.8) is 0 Å². The van der Waals surface area contributed by atoms with Crippen molar-refractivity contribution >= 4 is 35.6 Å². The summed E-state index contributed by atoms with van der Waals surface area (Å²) in [5.74, 6) is -6.02. The third-order valence-corrected chi connectivity index (χ3v) is 4.94. The van der Waals surface area contributed by atoms with E-state index in [4.69, 9.17) is 22.3 Å². The van der Waals surface area contributed by atoms with Crippen molar-refractivity contribution in [2.24, 2.45) is 17.2 Å². The topological polar surface area (TPSA) is 277 Å². The second kappa shape index (κ2) is 16.3. The van der Waals surface area contributed by atoms with E-state index in [1.54, 1.807) is 0 Å². The monoisotopic (exact) mass is 504 g/mol. The summed E-state index contributed by atoms with van der Waals surface area (Å²) in [7, 11) is 0. The lowest BCUT2D eigenvalue weighted by Crippen LogP contribution is -2.59. The highest BCUT2D eigenvalue weighted by molar-refractivity contribution is 5.94. The van der Waals surface area contributed by atoms with Gasteiger partial charge in [0.2, 0.25) is 23.6 Å². The molecule has 200 valence electrons. The van der Waals surface area contributed by atoms with Crippen LogP contribution in [0.1, 0.15) is 51.9 Å². The lowest BCUT2D eigenvalue weighted by molar-refractivity contribution is -0.143. The Kier molecular flexibility index (Phi) is 14.8. The van der Waals surface area contributed by atoms with Gasteiger partial charge in [-0.05, 0) is 45.6 Å². The molecule has 0 aliphatic carbocycles. The van der Waals surface area contributed by atoms with E-state index in [1.165, 1.54) is 6.92 Å². The van der Waals surface area contributed by atoms with Gasteiger partial charge in [0.05, 0.1) is 12.1 Å². The Labute approximate surface area is 202 Å². The summed E-state index contributed by atoms with van der Waals surface area (Å²) in [5, 5.41) is 34.8. The molecule has 0 fully saturated rings. The summed E-state index contributed by atoms with van der Waals surface area (Å²) in [5.41, 5.74) is 16.1. The van der Waals surface area contributed by atoms with E-state index in [1.807, 2.05) is 0 Å². The van der Waals surface area contributed by atoms with E-state index in [0.29, 0.717) is 19.4 Å². The van der Waals surface area contributed by atoms with Crippen molar-refractivity contribution in [2.75, 3.05) is 6.54 Å². The van der Waals surface area contributed by atoms with Gasteiger partial charge in [0.1, 0.15) is 18.1 Å². The van der Waals surface area contributed by atoms with Gasteiger partial charge in [-0.1, -0.05) is 0 Å². The number of unbranched alkanes of at least 4 members (excludes halogenated alkanes) is 1. The summed E-state index contributed by atoms with van der Waals surface area (Å²) >= 11 is 0. The zero-order valence-corrected chi connectivity index (χ0v) is 19.6. The second-order valence-electron chi connectivity index (χ2n) is 8.02. The molecular weight excluding hydrogens is 468 g/mol. The maximum atomic E-state index is 12.8. The van der Waals surface area contributed by atoms with E-state index in [2.05, 4.69) is 16.0 Å². The van der Waals surface area contributed by atoms with Gasteiger partial charge in [0, 0.05) is 12.8 Å². The van der Waals surface area contributed by atoms with Crippen LogP contribution in [0.4, 0.5) is 0 Å². The van der Waals surface area contributed by atoms with Crippen molar-refractivity contribution in [1.29, 1.82) is 0 Å². The Morgan fingerprint density at radius 3 is 1.89 bits per heavy atom. The highest BCUT2D eigenvalue weighted by Crippen LogP contribution is 2.06. The van der Waals surface area contributed by atoms with Gasteiger partial charge in [-0.25, -0.2) is 4.79 Å². The van der Waals surface area contributed by atoms with Crippen molar-refractivity contribution in [3.8, 4) is 0 Å². The molecule has 0 aromatic rings. The van der Waals surface area contributed by atoms with Crippen LogP contribution >= 0.6 is 0 Å². The van der Waals surface area contributed by atoms with Crippen LogP contribution in [0.5, 0.6) is 0 Å². The van der Waals surface area contributed by atoms with Crippen LogP contribution < -0.4 is 33.2 Å². The van der Waals surface area contributed by atoms with Crippen LogP contribution in [0.25, 0.3) is 0 Å². The van der Waals surface area contributed by atoms with Crippen LogP contribution in [0, 0.1) is 0 Å². The predicted octanol–water partition coefficient (Wildman–Crippen LogP) is -3.51. The maximum Gasteiger partial charge on any atom is 0.326 e. The molecule has 0 aliphatic heterocycles. The van der Waals surface area contributed by atoms with Crippen molar-refractivity contribution < 1.29 is 44.1 Å². The number of aliphatic hydroxyl groups excluding tert-OH is 1. The van der Waals surface area contributed by atoms with Crippen LogP contribution in [-0.2, 0) is 28.8 Å². The van der Waals surface area contributed by atoms with E-state index >= 15 is 0 Å². The van der Waals surface area contributed by atoms with Gasteiger partial charge in [0.25, 0.3) is 0 Å². The minimum Gasteiger partial charge on any atom is -0.481 e. The van der Waals surface area contributed by atoms with Gasteiger partial charge in [-0.2, -0.15) is 0 Å². The summed E-state index contributed by atoms with van der Waals surface area (Å²) in [6.45, 7) is 1.51. The Morgan fingerprint density at radius 2 is 1.40 bits per heavy atom. The average Bonchev–Trinajstić information content (AvgIpc) is 2.76. The Balaban J connectivity index is 5.43. The van der Waals surface area contributed by atoms with Gasteiger partial charge >= 0.3 is 11.9 Å². The highest BCUT2D eigenvalue weighted by atomic mass is 16.4. The molecule has 0 heterocycles. The Bertz CT molecular complexity index is 761. The lowest BCUT2D eigenvalue weighted by Gasteiger charge is -2.26. The summed E-state index contributed by atoms with van der Waals surface area (Å²) in [4.78, 5) is 70.8. The Hall–Kier alpha value is -3.30. The van der Waals surface area contributed by atoms with Crippen LogP contribution in [-0.4, -0.2) is 87.7 Å². The van der Waals surface area contributed by atoms with Crippen LogP contribution in [0.15, 0.2) is 0 Å². The standard InChI is InChI=1S/C20H36N6O9/c1-10(27)16(26-17(31)11(22)5-8-15(29)30)19(33)24-12(4-2-3-9-21)18(32)25-13(20(34)35)6-7-14(23)28/h10-13,16,27H,2-9,21-22H2,1H3,(H2,23,28)(H,24,33)(H,25,32)(H,26,31)(H,29,30)(H,34,35). The number of primary amides is 1. The highest BCUT2D eigenvalue weighted by Gasteiger charge is 2.32. The summed E-state index contributed by atoms with van der Waals surface area (Å²) < 4.78 is 0. The quantitative estimate of drug-likeness (QED) is 0.0825. The molecule has 0 saturated carbocycles. The van der Waals surface area contributed by atoms with Gasteiger partial charge in [-0.3, -0.25) is 24.0 Å². The first kappa shape index (κ1) is 31.7. The van der Waals surface area contributed by atoms with Crippen molar-refractivity contribution in [2.45, 2.75) is 82.1 Å². The number of nitrogens with two attached hydrogens (primary N) is 3. The number of carboxylic acid groups (broad SMARTS) is 2. The number of carbonyl (C=O) groups is 6. The first-order valence-electron chi connectivity index (χ1n) is 11.1. The maximum absolute atomic E-state index is 12.8. The van der Waals surface area contributed by atoms with Crippen LogP contribution in [0.2, 0.25) is 0 Å². The van der Waals surface area contributed by atoms with E-state index in [9.17, 15) is 39.0 Å². The number of hydrogen-bond donors (Lipinski definition) is 9. The molecule has 5 atom stereocenters. The second-order valence-corrected chi connectivity index (χ2v) is 8.02. The zero-order valence-electron chi connectivity index (χ0n) is 19.6. The molecule has 0 aromatic heterocycles. The van der Waals surface area contributed by atoms with Gasteiger partial charge in [0.15, 0.2) is 0 Å². The molecule has 0 spiro atoms. The molecule has 0 bridgehead atoms. The molecule has 4 amide bonds. The molecule has 15 heteroatoms. The summed E-state index contributed by atoms with van der Waals surface area (Å²) in [6.07, 6.45) is -1.61. The number of carbonyl (C=O) groups excluding carboxylic acids is 4. The van der Waals surface area contributed by atoms with Crippen LogP contribution in [0.3, 0.4) is 0 Å². The molecule has 0 rings (SSSR count). The molecular formula is C20H36N6O9. The minimum absolute atomic E-state index is 0.0650. The third-order valence-electron chi connectivity index (χ3n) is 4.94. The molecule has 5 unspecified atom stereocenters. The van der Waals surface area contributed by atoms with Gasteiger partial charge < -0.3 is 48.5 Å². The normalized spacial score (nSPS) is 15.1. The molecule has 12 N–H and O–H groups in total. The number of hydrogen-bond acceptors (Lipinski definition) is 9. The van der Waals surface area contributed by atoms with Crippen molar-refractivity contribution in [1.82, 2.24) is 16.0 Å². The average molecular weight is 505 g/mol. The number of amides is 4. The first-order chi connectivity index (χ1) is 16.3. The predicted molar refractivity (Wildman–Crippen MR) is 121 cm³/mol. The van der Waals surface area contributed by atoms with Gasteiger partial charge in [-0.15, -0.1) is 0 Å². The fourth-order valence-electron chi connectivity index (χ4n) is 2.91. The fraction of sp³-hybridized carbons (Fsp3) is 0.700. The molecule has 0 saturated heterocycles. The third kappa shape index (κ3) is 13.2. The Morgan fingerprint density at radius 1 is 0.800 bits per heavy atom.